The van der Waals surface area contributed by atoms with Crippen LogP contribution in [0.5, 0.6) is 5.75 Å². The molecule has 1 heterocycles. The lowest BCUT2D eigenvalue weighted by atomic mass is 10.2. The number of benzene rings is 2. The summed E-state index contributed by atoms with van der Waals surface area (Å²) in [5.74, 6) is 6.25. The first kappa shape index (κ1) is 17.1. The fourth-order valence-electron chi connectivity index (χ4n) is 2.08. The van der Waals surface area contributed by atoms with E-state index in [9.17, 15) is 9.90 Å². The Labute approximate surface area is 152 Å². The van der Waals surface area contributed by atoms with E-state index in [2.05, 4.69) is 15.5 Å². The highest BCUT2D eigenvalue weighted by molar-refractivity contribution is 7.99. The third kappa shape index (κ3) is 4.04. The lowest BCUT2D eigenvalue weighted by Crippen LogP contribution is -2.16. The number of halogens is 1. The van der Waals surface area contributed by atoms with Crippen molar-refractivity contribution in [1.29, 1.82) is 0 Å². The largest absolute Gasteiger partial charge is 0.507 e. The molecule has 0 saturated heterocycles. The molecule has 7 nitrogen and oxygen atoms in total. The van der Waals surface area contributed by atoms with Crippen molar-refractivity contribution in [3.05, 3.63) is 53.6 Å². The van der Waals surface area contributed by atoms with Crippen molar-refractivity contribution < 1.29 is 9.90 Å². The second kappa shape index (κ2) is 7.45. The minimum Gasteiger partial charge on any atom is -0.507 e. The van der Waals surface area contributed by atoms with Crippen molar-refractivity contribution in [3.63, 3.8) is 0 Å². The van der Waals surface area contributed by atoms with E-state index in [1.807, 2.05) is 0 Å². The molecule has 0 aliphatic heterocycles. The van der Waals surface area contributed by atoms with E-state index in [4.69, 9.17) is 17.4 Å². The number of phenolic OH excluding ortho intramolecular Hbond substituents is 1. The second-order valence-electron chi connectivity index (χ2n) is 5.04. The van der Waals surface area contributed by atoms with Gasteiger partial charge in [-0.3, -0.25) is 4.79 Å². The van der Waals surface area contributed by atoms with Gasteiger partial charge in [0.25, 0.3) is 0 Å². The zero-order valence-electron chi connectivity index (χ0n) is 12.9. The number of hydrogen-bond acceptors (Lipinski definition) is 6. The zero-order chi connectivity index (χ0) is 17.8. The molecule has 3 rings (SSSR count). The summed E-state index contributed by atoms with van der Waals surface area (Å²) in [5, 5.41) is 21.5. The number of thioether (sulfide) groups is 1. The SMILES string of the molecule is Nn1c(SCC(=O)Nc2ccc(Cl)cc2)nnc1-c1ccccc1O. The third-order valence-electron chi connectivity index (χ3n) is 3.27. The van der Waals surface area contributed by atoms with E-state index in [1.165, 1.54) is 10.7 Å². The van der Waals surface area contributed by atoms with Gasteiger partial charge in [0.05, 0.1) is 11.3 Å². The summed E-state index contributed by atoms with van der Waals surface area (Å²) in [5.41, 5.74) is 1.12. The zero-order valence-corrected chi connectivity index (χ0v) is 14.5. The molecule has 128 valence electrons. The highest BCUT2D eigenvalue weighted by atomic mass is 35.5. The normalized spacial score (nSPS) is 10.6. The molecule has 1 amide bonds. The van der Waals surface area contributed by atoms with Crippen molar-refractivity contribution in [3.8, 4) is 17.1 Å². The lowest BCUT2D eigenvalue weighted by molar-refractivity contribution is -0.113. The van der Waals surface area contributed by atoms with Crippen molar-refractivity contribution in [2.24, 2.45) is 0 Å². The first-order chi connectivity index (χ1) is 12.0. The summed E-state index contributed by atoms with van der Waals surface area (Å²) < 4.78 is 1.25. The molecule has 4 N–H and O–H groups in total. The molecule has 0 bridgehead atoms. The second-order valence-corrected chi connectivity index (χ2v) is 6.42. The monoisotopic (exact) mass is 375 g/mol. The fourth-order valence-corrected chi connectivity index (χ4v) is 2.86. The van der Waals surface area contributed by atoms with Crippen LogP contribution in [0.1, 0.15) is 0 Å². The predicted molar refractivity (Wildman–Crippen MR) is 98.1 cm³/mol. The van der Waals surface area contributed by atoms with Gasteiger partial charge in [-0.25, -0.2) is 4.68 Å². The number of rotatable bonds is 5. The van der Waals surface area contributed by atoms with Gasteiger partial charge in [-0.2, -0.15) is 0 Å². The molecule has 0 fully saturated rings. The minimum atomic E-state index is -0.209. The van der Waals surface area contributed by atoms with Crippen LogP contribution in [-0.4, -0.2) is 31.6 Å². The van der Waals surface area contributed by atoms with Crippen LogP contribution in [0.4, 0.5) is 5.69 Å². The number of phenols is 1. The van der Waals surface area contributed by atoms with Gasteiger partial charge in [-0.15, -0.1) is 10.2 Å². The van der Waals surface area contributed by atoms with Gasteiger partial charge in [0.1, 0.15) is 5.75 Å². The maximum Gasteiger partial charge on any atom is 0.234 e. The molecule has 0 aliphatic rings. The number of para-hydroxylation sites is 1. The van der Waals surface area contributed by atoms with Crippen LogP contribution in [0.3, 0.4) is 0 Å². The molecule has 9 heteroatoms. The predicted octanol–water partition coefficient (Wildman–Crippen LogP) is 2.75. The molecule has 0 atom stereocenters. The van der Waals surface area contributed by atoms with E-state index >= 15 is 0 Å². The number of carbonyl (C=O) groups is 1. The first-order valence-corrected chi connectivity index (χ1v) is 8.58. The van der Waals surface area contributed by atoms with Gasteiger partial charge in [-0.05, 0) is 36.4 Å². The van der Waals surface area contributed by atoms with Gasteiger partial charge >= 0.3 is 0 Å². The van der Waals surface area contributed by atoms with Crippen molar-refractivity contribution in [1.82, 2.24) is 14.9 Å². The van der Waals surface area contributed by atoms with Gasteiger partial charge in [0.15, 0.2) is 5.82 Å². The minimum absolute atomic E-state index is 0.0543. The molecular formula is C16H14ClN5O2S. The number of nitrogens with zero attached hydrogens (tertiary/aromatic N) is 3. The summed E-state index contributed by atoms with van der Waals surface area (Å²) in [6.45, 7) is 0. The maximum atomic E-state index is 12.0. The fraction of sp³-hybridized carbons (Fsp3) is 0.0625. The van der Waals surface area contributed by atoms with Crippen molar-refractivity contribution >= 4 is 35.0 Å². The average Bonchev–Trinajstić information content (AvgIpc) is 2.96. The number of carbonyl (C=O) groups excluding carboxylic acids is 1. The van der Waals surface area contributed by atoms with E-state index < -0.39 is 0 Å². The Morgan fingerprint density at radius 3 is 2.64 bits per heavy atom. The molecule has 25 heavy (non-hydrogen) atoms. The smallest absolute Gasteiger partial charge is 0.234 e. The van der Waals surface area contributed by atoms with Crippen LogP contribution >= 0.6 is 23.4 Å². The molecule has 2 aromatic carbocycles. The van der Waals surface area contributed by atoms with E-state index in [0.29, 0.717) is 27.3 Å². The van der Waals surface area contributed by atoms with E-state index in [0.717, 1.165) is 11.8 Å². The number of anilines is 1. The highest BCUT2D eigenvalue weighted by Crippen LogP contribution is 2.28. The number of aromatic hydroxyl groups is 1. The molecule has 0 saturated carbocycles. The molecule has 1 aromatic heterocycles. The topological polar surface area (TPSA) is 106 Å². The number of nitrogen functional groups attached to an aromatic ring is 1. The van der Waals surface area contributed by atoms with Crippen LogP contribution in [0.25, 0.3) is 11.4 Å². The third-order valence-corrected chi connectivity index (χ3v) is 4.46. The molecule has 0 radical (unpaired) electrons. The molecule has 0 spiro atoms. The van der Waals surface area contributed by atoms with Crippen LogP contribution in [0, 0.1) is 0 Å². The van der Waals surface area contributed by atoms with Gasteiger partial charge in [0, 0.05) is 10.7 Å². The summed E-state index contributed by atoms with van der Waals surface area (Å²) in [6, 6.07) is 13.5. The van der Waals surface area contributed by atoms with Crippen LogP contribution in [0.2, 0.25) is 5.02 Å². The summed E-state index contributed by atoms with van der Waals surface area (Å²) in [4.78, 5) is 12.0. The maximum absolute atomic E-state index is 12.0. The Morgan fingerprint density at radius 2 is 1.92 bits per heavy atom. The average molecular weight is 376 g/mol. The lowest BCUT2D eigenvalue weighted by Gasteiger charge is -2.06. The van der Waals surface area contributed by atoms with Gasteiger partial charge in [-0.1, -0.05) is 35.5 Å². The van der Waals surface area contributed by atoms with Gasteiger partial charge in [0.2, 0.25) is 11.1 Å². The number of nitrogens with one attached hydrogen (secondary N) is 1. The Kier molecular flexibility index (Phi) is 5.11. The van der Waals surface area contributed by atoms with Crippen LogP contribution in [-0.2, 0) is 4.79 Å². The number of amides is 1. The van der Waals surface area contributed by atoms with Gasteiger partial charge < -0.3 is 16.3 Å². The van der Waals surface area contributed by atoms with Crippen molar-refractivity contribution in [2.45, 2.75) is 5.16 Å². The first-order valence-electron chi connectivity index (χ1n) is 7.21. The number of nitrogens with two attached hydrogens (primary N) is 1. The molecule has 0 aliphatic carbocycles. The standard InChI is InChI=1S/C16H14ClN5O2S/c17-10-5-7-11(8-6-10)19-14(24)9-25-16-21-20-15(22(16)18)12-3-1-2-4-13(12)23/h1-8,23H,9,18H2,(H,19,24). The summed E-state index contributed by atoms with van der Waals surface area (Å²) in [6.07, 6.45) is 0. The molecule has 3 aromatic rings. The highest BCUT2D eigenvalue weighted by Gasteiger charge is 2.16. The van der Waals surface area contributed by atoms with E-state index in [1.54, 1.807) is 42.5 Å². The Hall–Kier alpha value is -2.71. The van der Waals surface area contributed by atoms with Crippen LogP contribution in [0.15, 0.2) is 53.7 Å². The summed E-state index contributed by atoms with van der Waals surface area (Å²) in [7, 11) is 0. The molecular weight excluding hydrogens is 362 g/mol. The Balaban J connectivity index is 1.65. The Morgan fingerprint density at radius 1 is 1.20 bits per heavy atom. The Bertz CT molecular complexity index is 898. The van der Waals surface area contributed by atoms with E-state index in [-0.39, 0.29) is 17.4 Å². The number of hydrogen-bond donors (Lipinski definition) is 3. The quantitative estimate of drug-likeness (QED) is 0.467. The van der Waals surface area contributed by atoms with Crippen LogP contribution < -0.4 is 11.2 Å². The molecule has 0 unspecified atom stereocenters. The van der Waals surface area contributed by atoms with Crippen molar-refractivity contribution in [2.75, 3.05) is 16.9 Å². The summed E-state index contributed by atoms with van der Waals surface area (Å²) >= 11 is 6.95. The number of aromatic nitrogens is 3.